The number of H-pyrrole nitrogens is 2. The van der Waals surface area contributed by atoms with Gasteiger partial charge in [0.25, 0.3) is 11.6 Å². The summed E-state index contributed by atoms with van der Waals surface area (Å²) in [6.07, 6.45) is 3.57. The molecule has 0 aliphatic rings. The molecule has 0 saturated carbocycles. The van der Waals surface area contributed by atoms with E-state index in [2.05, 4.69) is 9.97 Å². The van der Waals surface area contributed by atoms with Crippen LogP contribution in [0.15, 0.2) is 48.8 Å². The van der Waals surface area contributed by atoms with Crippen molar-refractivity contribution in [2.24, 2.45) is 0 Å². The predicted molar refractivity (Wildman–Crippen MR) is 117 cm³/mol. The molecule has 0 saturated heterocycles. The number of hydrogen-bond donors (Lipinski definition) is 2. The van der Waals surface area contributed by atoms with Crippen LogP contribution in [0.5, 0.6) is 0 Å². The molecule has 0 bridgehead atoms. The number of pyridine rings is 2. The third-order valence-corrected chi connectivity index (χ3v) is 1.47. The summed E-state index contributed by atoms with van der Waals surface area (Å²) < 4.78 is 68.2. The first-order valence-electron chi connectivity index (χ1n) is 5.57. The normalized spacial score (nSPS) is 6.74. The summed E-state index contributed by atoms with van der Waals surface area (Å²) in [6, 6.07) is 11.1. The first-order valence-corrected chi connectivity index (χ1v) is 8.23. The minimum absolute atomic E-state index is 0. The second-order valence-corrected chi connectivity index (χ2v) is 5.09. The van der Waals surface area contributed by atoms with E-state index >= 15 is 0 Å². The summed E-state index contributed by atoms with van der Waals surface area (Å²) in [5.74, 6) is 1.39. The molecule has 0 spiro atoms. The smallest absolute Gasteiger partial charge is 0.759 e. The van der Waals surface area contributed by atoms with Gasteiger partial charge in [-0.3, -0.25) is 28.3 Å². The summed E-state index contributed by atoms with van der Waals surface area (Å²) in [5.41, 5.74) is 10.6. The Labute approximate surface area is 209 Å². The summed E-state index contributed by atoms with van der Waals surface area (Å²) in [5, 5.41) is 0. The van der Waals surface area contributed by atoms with Gasteiger partial charge in [0.1, 0.15) is 0 Å². The molecule has 0 aromatic carbocycles. The molecule has 22 nitrogen and oxygen atoms in total. The largest absolute Gasteiger partial charge is 2.00 e. The molecule has 0 atom stereocenters. The van der Waals surface area contributed by atoms with Gasteiger partial charge in [-0.15, -0.1) is 0 Å². The maximum Gasteiger partial charge on any atom is 2.00 e. The Balaban J connectivity index is -0.0000000153. The number of nitrogens with two attached hydrogens (primary N) is 2. The van der Waals surface area contributed by atoms with E-state index in [4.69, 9.17) is 46.5 Å². The average Bonchev–Trinajstić information content (AvgIpc) is 2.37. The number of nitrogen functional groups attached to an aromatic ring is 2. The van der Waals surface area contributed by atoms with Gasteiger partial charge in [-0.25, -0.2) is 9.97 Å². The molecule has 2 aromatic heterocycles. The van der Waals surface area contributed by atoms with Crippen LogP contribution in [-0.2, 0) is 59.8 Å². The Kier molecular flexibility index (Phi) is 110. The second-order valence-electron chi connectivity index (χ2n) is 3.45. The van der Waals surface area contributed by atoms with Crippen molar-refractivity contribution in [3.63, 3.8) is 0 Å². The molecular weight excluding hydrogens is 592 g/mol. The standard InChI is InChI=1S/2C5H6N2.Cu.2H2O4S.10H2O/c2*6-5-3-1-2-4-7-5;;2*1-5(2,3)4;;;;;;;;;;/h2*1-4H,(H2,6,7);;2*(H2,1,2,3,4);10*1H2/q;;+2;;;;;;;;;;;;/p+2. The quantitative estimate of drug-likeness (QED) is 0.120. The molecule has 35 heavy (non-hydrogen) atoms. The van der Waals surface area contributed by atoms with Crippen LogP contribution < -0.4 is 21.4 Å². The molecule has 30 N–H and O–H groups in total. The molecule has 0 aliphatic heterocycles. The number of nitrogens with one attached hydrogen (secondary N) is 2. The first-order chi connectivity index (χ1) is 10.8. The van der Waals surface area contributed by atoms with E-state index in [9.17, 15) is 0 Å². The van der Waals surface area contributed by atoms with Crippen LogP contribution >= 0.6 is 0 Å². The maximum absolute atomic E-state index is 8.52. The number of aromatic amines is 2. The van der Waals surface area contributed by atoms with E-state index < -0.39 is 20.8 Å². The second kappa shape index (κ2) is 45.3. The van der Waals surface area contributed by atoms with E-state index in [1.165, 1.54) is 0 Å². The van der Waals surface area contributed by atoms with E-state index in [0.717, 1.165) is 0 Å². The molecule has 0 amide bonds. The summed E-state index contributed by atoms with van der Waals surface area (Å²) >= 11 is 0. The fourth-order valence-corrected chi connectivity index (χ4v) is 0.814. The fraction of sp³-hybridized carbons (Fsp3) is 0. The molecule has 0 unspecified atom stereocenters. The molecule has 225 valence electrons. The van der Waals surface area contributed by atoms with Crippen LogP contribution in [0.3, 0.4) is 0 Å². The van der Waals surface area contributed by atoms with Gasteiger partial charge in [-0.2, -0.15) is 0 Å². The molecule has 25 heteroatoms. The first kappa shape index (κ1) is 84.6. The number of anilines is 2. The number of aromatic nitrogens is 2. The topological polar surface area (TPSA) is 562 Å². The summed E-state index contributed by atoms with van der Waals surface area (Å²) in [7, 11) is -10.3. The van der Waals surface area contributed by atoms with Gasteiger partial charge in [0, 0.05) is 32.9 Å². The van der Waals surface area contributed by atoms with Crippen molar-refractivity contribution in [3.8, 4) is 0 Å². The summed E-state index contributed by atoms with van der Waals surface area (Å²) in [6.45, 7) is 0. The molecule has 2 rings (SSSR count). The molecule has 0 fully saturated rings. The Morgan fingerprint density at radius 1 is 0.543 bits per heavy atom. The molecule has 0 aliphatic carbocycles. The van der Waals surface area contributed by atoms with Crippen molar-refractivity contribution in [2.75, 3.05) is 11.5 Å². The van der Waals surface area contributed by atoms with E-state index in [-0.39, 0.29) is 71.8 Å². The molecule has 1 radical (unpaired) electrons. The van der Waals surface area contributed by atoms with E-state index in [1.807, 2.05) is 24.3 Å². The zero-order valence-electron chi connectivity index (χ0n) is 17.5. The minimum atomic E-state index is -5.17. The van der Waals surface area contributed by atoms with Crippen LogP contribution in [0.1, 0.15) is 0 Å². The van der Waals surface area contributed by atoms with Gasteiger partial charge < -0.3 is 73.0 Å². The van der Waals surface area contributed by atoms with Crippen molar-refractivity contribution in [3.05, 3.63) is 48.8 Å². The average molecular weight is 630 g/mol. The van der Waals surface area contributed by atoms with E-state index in [0.29, 0.717) is 11.6 Å². The van der Waals surface area contributed by atoms with Crippen LogP contribution in [0.2, 0.25) is 0 Å². The van der Waals surface area contributed by atoms with Crippen molar-refractivity contribution in [1.29, 1.82) is 0 Å². The Morgan fingerprint density at radius 2 is 0.714 bits per heavy atom. The number of hydrogen-bond acceptors (Lipinski definition) is 10. The van der Waals surface area contributed by atoms with Crippen LogP contribution in [0.25, 0.3) is 0 Å². The third kappa shape index (κ3) is 149. The molecular formula is C10H38CuN4O18S2+4. The Hall–Kier alpha value is -2.24. The van der Waals surface area contributed by atoms with Gasteiger partial charge in [-0.1, -0.05) is 12.1 Å². The van der Waals surface area contributed by atoms with Gasteiger partial charge in [-0.05, 0) is 12.1 Å². The van der Waals surface area contributed by atoms with Crippen molar-refractivity contribution in [1.82, 2.24) is 0 Å². The van der Waals surface area contributed by atoms with Gasteiger partial charge >= 0.3 is 17.1 Å². The van der Waals surface area contributed by atoms with Crippen LogP contribution in [0.4, 0.5) is 11.6 Å². The SMILES string of the molecule is Nc1cccc[nH+]1.Nc1cccc[nH+]1.O.O.O.O.O.O.O=S(=O)([O-])[O-].O=S(=O)([O-])[O-].[Cu+2].[OH3+].[OH3+].[OH3+].[OH3+]. The monoisotopic (exact) mass is 629 g/mol. The number of rotatable bonds is 0. The van der Waals surface area contributed by atoms with Crippen molar-refractivity contribution in [2.45, 2.75) is 0 Å². The van der Waals surface area contributed by atoms with Crippen molar-refractivity contribution < 1.29 is 117 Å². The van der Waals surface area contributed by atoms with Gasteiger partial charge in [0.2, 0.25) is 0 Å². The zero-order valence-corrected chi connectivity index (χ0v) is 20.0. The predicted octanol–water partition coefficient (Wildman–Crippen LogP) is -11.1. The van der Waals surface area contributed by atoms with Crippen LogP contribution in [0, 0.1) is 0 Å². The maximum atomic E-state index is 8.52. The van der Waals surface area contributed by atoms with Crippen molar-refractivity contribution >= 4 is 32.4 Å². The molecule has 2 heterocycles. The zero-order chi connectivity index (χ0) is 19.2. The fourth-order valence-electron chi connectivity index (χ4n) is 0.814. The Morgan fingerprint density at radius 3 is 0.771 bits per heavy atom. The summed E-state index contributed by atoms with van der Waals surface area (Å²) in [4.78, 5) is 5.62. The van der Waals surface area contributed by atoms with Crippen LogP contribution in [-0.4, -0.2) is 67.9 Å². The Bertz CT molecular complexity index is 689. The van der Waals surface area contributed by atoms with Gasteiger partial charge in [0.05, 0.1) is 12.4 Å². The molecule has 2 aromatic rings. The van der Waals surface area contributed by atoms with Gasteiger partial charge in [0.15, 0.2) is 0 Å². The van der Waals surface area contributed by atoms with E-state index in [1.54, 1.807) is 24.5 Å². The third-order valence-electron chi connectivity index (χ3n) is 1.47. The minimum Gasteiger partial charge on any atom is -0.759 e.